The monoisotopic (exact) mass is 455 g/mol. The van der Waals surface area contributed by atoms with Crippen LogP contribution < -0.4 is 15.0 Å². The first kappa shape index (κ1) is 21.9. The van der Waals surface area contributed by atoms with Crippen LogP contribution >= 0.6 is 0 Å². The molecular weight excluding hydrogens is 422 g/mol. The van der Waals surface area contributed by atoms with Gasteiger partial charge >= 0.3 is 0 Å². The third-order valence-corrected chi connectivity index (χ3v) is 7.22. The number of carbonyl (C=O) groups excluding carboxylic acids is 1. The number of H-pyrrole nitrogens is 1. The molecule has 0 radical (unpaired) electrons. The van der Waals surface area contributed by atoms with Crippen LogP contribution in [0.5, 0.6) is 5.88 Å². The van der Waals surface area contributed by atoms with Crippen LogP contribution in [0.2, 0.25) is 0 Å². The predicted octanol–water partition coefficient (Wildman–Crippen LogP) is 2.59. The molecule has 10 heteroatoms. The highest BCUT2D eigenvalue weighted by atomic mass is 16.5. The summed E-state index contributed by atoms with van der Waals surface area (Å²) in [5.41, 5.74) is 0.616. The van der Waals surface area contributed by atoms with Crippen LogP contribution in [-0.2, 0) is 11.4 Å². The molecular formula is C23H33N7O3. The molecule has 0 spiro atoms. The minimum absolute atomic E-state index is 0.111. The number of rotatable bonds is 8. The maximum absolute atomic E-state index is 13.0. The summed E-state index contributed by atoms with van der Waals surface area (Å²) in [7, 11) is 3.61. The van der Waals surface area contributed by atoms with Crippen molar-refractivity contribution in [1.29, 1.82) is 0 Å². The third-order valence-electron chi connectivity index (χ3n) is 7.22. The van der Waals surface area contributed by atoms with E-state index in [0.717, 1.165) is 32.1 Å². The van der Waals surface area contributed by atoms with E-state index < -0.39 is 0 Å². The van der Waals surface area contributed by atoms with Gasteiger partial charge in [0, 0.05) is 43.7 Å². The molecule has 0 aromatic carbocycles. The van der Waals surface area contributed by atoms with Crippen molar-refractivity contribution in [2.75, 3.05) is 24.4 Å². The normalized spacial score (nSPS) is 24.5. The molecule has 2 aromatic rings. The van der Waals surface area contributed by atoms with Crippen LogP contribution in [0.1, 0.15) is 57.1 Å². The van der Waals surface area contributed by atoms with Crippen LogP contribution in [-0.4, -0.2) is 68.4 Å². The van der Waals surface area contributed by atoms with Gasteiger partial charge in [0.2, 0.25) is 17.7 Å². The summed E-state index contributed by atoms with van der Waals surface area (Å²) in [4.78, 5) is 26.6. The number of hydrogen-bond donors (Lipinski definition) is 3. The Kier molecular flexibility index (Phi) is 6.09. The highest BCUT2D eigenvalue weighted by Gasteiger charge is 2.43. The molecule has 178 valence electrons. The average molecular weight is 456 g/mol. The molecule has 3 aliphatic rings. The quantitative estimate of drug-likeness (QED) is 0.556. The SMILES string of the molecule is COc1cc(Nc2cc(CO)[nH]n2)nc(N(C)C2C[C@H]3CCC[C@@H](C2)N3C(=O)CC2CC2)n1. The second-order valence-corrected chi connectivity index (χ2v) is 9.58. The average Bonchev–Trinajstić information content (AvgIpc) is 3.52. The Hall–Kier alpha value is -2.88. The molecule has 4 heterocycles. The molecule has 1 amide bonds. The van der Waals surface area contributed by atoms with Crippen molar-refractivity contribution < 1.29 is 14.6 Å². The number of aromatic nitrogens is 4. The van der Waals surface area contributed by atoms with Crippen molar-refractivity contribution in [3.8, 4) is 5.88 Å². The zero-order valence-electron chi connectivity index (χ0n) is 19.3. The smallest absolute Gasteiger partial charge is 0.230 e. The zero-order chi connectivity index (χ0) is 22.9. The second kappa shape index (κ2) is 9.17. The fourth-order valence-electron chi connectivity index (χ4n) is 5.29. The van der Waals surface area contributed by atoms with E-state index in [9.17, 15) is 9.90 Å². The van der Waals surface area contributed by atoms with Gasteiger partial charge < -0.3 is 25.0 Å². The van der Waals surface area contributed by atoms with Gasteiger partial charge in [0.05, 0.1) is 19.4 Å². The van der Waals surface area contributed by atoms with Gasteiger partial charge in [0.1, 0.15) is 5.82 Å². The van der Waals surface area contributed by atoms with Gasteiger partial charge in [0.15, 0.2) is 5.82 Å². The fraction of sp³-hybridized carbons (Fsp3) is 0.652. The molecule has 2 aromatic heterocycles. The van der Waals surface area contributed by atoms with E-state index >= 15 is 0 Å². The number of amides is 1. The Balaban J connectivity index is 1.32. The van der Waals surface area contributed by atoms with Gasteiger partial charge in [-0.25, -0.2) is 0 Å². The van der Waals surface area contributed by atoms with Gasteiger partial charge in [0.25, 0.3) is 0 Å². The largest absolute Gasteiger partial charge is 0.481 e. The van der Waals surface area contributed by atoms with E-state index in [2.05, 4.69) is 30.3 Å². The molecule has 1 aliphatic carbocycles. The lowest BCUT2D eigenvalue weighted by atomic mass is 9.81. The first-order valence-electron chi connectivity index (χ1n) is 11.9. The molecule has 3 N–H and O–H groups in total. The Morgan fingerprint density at radius 3 is 2.61 bits per heavy atom. The molecule has 2 saturated heterocycles. The first-order chi connectivity index (χ1) is 16.0. The van der Waals surface area contributed by atoms with Gasteiger partial charge in [-0.2, -0.15) is 15.1 Å². The second-order valence-electron chi connectivity index (χ2n) is 9.58. The lowest BCUT2D eigenvalue weighted by molar-refractivity contribution is -0.141. The van der Waals surface area contributed by atoms with Crippen molar-refractivity contribution in [3.05, 3.63) is 17.8 Å². The predicted molar refractivity (Wildman–Crippen MR) is 123 cm³/mol. The third kappa shape index (κ3) is 4.75. The number of fused-ring (bicyclic) bond motifs is 2. The van der Waals surface area contributed by atoms with Crippen LogP contribution in [0.15, 0.2) is 12.1 Å². The number of nitrogens with one attached hydrogen (secondary N) is 2. The Morgan fingerprint density at radius 1 is 1.21 bits per heavy atom. The summed E-state index contributed by atoms with van der Waals surface area (Å²) in [5, 5.41) is 19.3. The van der Waals surface area contributed by atoms with Crippen molar-refractivity contribution in [1.82, 2.24) is 25.1 Å². The number of methoxy groups -OCH3 is 1. The van der Waals surface area contributed by atoms with E-state index in [1.54, 1.807) is 19.2 Å². The number of ether oxygens (including phenoxy) is 1. The van der Waals surface area contributed by atoms with E-state index in [4.69, 9.17) is 9.72 Å². The molecule has 3 atom stereocenters. The summed E-state index contributed by atoms with van der Waals surface area (Å²) in [6, 6.07) is 4.32. The van der Waals surface area contributed by atoms with Crippen LogP contribution in [0, 0.1) is 5.92 Å². The number of aliphatic hydroxyl groups excluding tert-OH is 1. The van der Waals surface area contributed by atoms with E-state index in [1.807, 2.05) is 7.05 Å². The molecule has 1 unspecified atom stereocenters. The van der Waals surface area contributed by atoms with Crippen molar-refractivity contribution in [2.24, 2.45) is 5.92 Å². The lowest BCUT2D eigenvalue weighted by Crippen LogP contribution is -2.58. The fourth-order valence-corrected chi connectivity index (χ4v) is 5.29. The molecule has 2 bridgehead atoms. The topological polar surface area (TPSA) is 119 Å². The number of aromatic amines is 1. The highest BCUT2D eigenvalue weighted by molar-refractivity contribution is 5.77. The van der Waals surface area contributed by atoms with Crippen molar-refractivity contribution >= 4 is 23.5 Å². The minimum atomic E-state index is -0.111. The van der Waals surface area contributed by atoms with Gasteiger partial charge in [-0.3, -0.25) is 9.89 Å². The van der Waals surface area contributed by atoms with Crippen molar-refractivity contribution in [2.45, 2.75) is 76.1 Å². The summed E-state index contributed by atoms with van der Waals surface area (Å²) >= 11 is 0. The summed E-state index contributed by atoms with van der Waals surface area (Å²) in [5.74, 6) is 3.15. The Morgan fingerprint density at radius 2 is 1.97 bits per heavy atom. The van der Waals surface area contributed by atoms with E-state index in [-0.39, 0.29) is 12.6 Å². The number of aliphatic hydroxyl groups is 1. The number of carbonyl (C=O) groups is 1. The van der Waals surface area contributed by atoms with E-state index in [1.165, 1.54) is 19.3 Å². The van der Waals surface area contributed by atoms with Gasteiger partial charge in [-0.15, -0.1) is 0 Å². The molecule has 5 rings (SSSR count). The summed E-state index contributed by atoms with van der Waals surface area (Å²) < 4.78 is 5.42. The van der Waals surface area contributed by atoms with Crippen LogP contribution in [0.4, 0.5) is 17.6 Å². The van der Waals surface area contributed by atoms with E-state index in [0.29, 0.717) is 53.1 Å². The molecule has 10 nitrogen and oxygen atoms in total. The number of anilines is 3. The van der Waals surface area contributed by atoms with Crippen molar-refractivity contribution in [3.63, 3.8) is 0 Å². The van der Waals surface area contributed by atoms with Gasteiger partial charge in [-0.05, 0) is 50.9 Å². The maximum Gasteiger partial charge on any atom is 0.230 e. The first-order valence-corrected chi connectivity index (χ1v) is 11.9. The summed E-state index contributed by atoms with van der Waals surface area (Å²) in [6.07, 6.45) is 8.38. The van der Waals surface area contributed by atoms with Crippen LogP contribution in [0.3, 0.4) is 0 Å². The molecule has 33 heavy (non-hydrogen) atoms. The van der Waals surface area contributed by atoms with Crippen LogP contribution in [0.25, 0.3) is 0 Å². The Labute approximate surface area is 193 Å². The van der Waals surface area contributed by atoms with Gasteiger partial charge in [-0.1, -0.05) is 0 Å². The number of hydrogen-bond acceptors (Lipinski definition) is 8. The molecule has 3 fully saturated rings. The number of piperidine rings is 2. The number of nitrogens with zero attached hydrogens (tertiary/aromatic N) is 5. The lowest BCUT2D eigenvalue weighted by Gasteiger charge is -2.50. The maximum atomic E-state index is 13.0. The molecule has 1 saturated carbocycles. The minimum Gasteiger partial charge on any atom is -0.481 e. The standard InChI is InChI=1S/C23H33N7O3/c1-29(18-10-16-4-3-5-17(11-18)30(16)22(32)8-14-6-7-14)23-25-19(12-21(26-23)33-2)24-20-9-15(13-31)27-28-20/h9,12,14,16-18,31H,3-8,10-11,13H2,1-2H3,(H2,24,25,26,27,28)/t16-,17+,18?. The molecule has 2 aliphatic heterocycles. The summed E-state index contributed by atoms with van der Waals surface area (Å²) in [6.45, 7) is -0.111. The Bertz CT molecular complexity index is 978. The highest BCUT2D eigenvalue weighted by Crippen LogP contribution is 2.40. The zero-order valence-corrected chi connectivity index (χ0v) is 19.3.